The van der Waals surface area contributed by atoms with Gasteiger partial charge < -0.3 is 10.1 Å². The quantitative estimate of drug-likeness (QED) is 0.887. The Kier molecular flexibility index (Phi) is 3.70. The average Bonchev–Trinajstić information content (AvgIpc) is 2.85. The van der Waals surface area contributed by atoms with Gasteiger partial charge in [0, 0.05) is 24.9 Å². The summed E-state index contributed by atoms with van der Waals surface area (Å²) in [6, 6.07) is 5.27. The highest BCUT2D eigenvalue weighted by Gasteiger charge is 2.25. The van der Waals surface area contributed by atoms with E-state index in [9.17, 15) is 8.42 Å². The molecule has 6 heteroatoms. The molecule has 2 aliphatic rings. The molecule has 2 atom stereocenters. The van der Waals surface area contributed by atoms with Crippen LogP contribution in [0.5, 0.6) is 0 Å². The van der Waals surface area contributed by atoms with Crippen molar-refractivity contribution < 1.29 is 13.2 Å². The van der Waals surface area contributed by atoms with E-state index in [1.807, 2.05) is 13.0 Å². The predicted molar refractivity (Wildman–Crippen MR) is 77.4 cm³/mol. The molecule has 1 aromatic rings. The molecule has 5 nitrogen and oxygen atoms in total. The number of fused-ring (bicyclic) bond motifs is 1. The number of anilines is 1. The van der Waals surface area contributed by atoms with Crippen LogP contribution in [0.25, 0.3) is 0 Å². The zero-order valence-electron chi connectivity index (χ0n) is 11.6. The van der Waals surface area contributed by atoms with Crippen molar-refractivity contribution in [1.82, 2.24) is 4.72 Å². The van der Waals surface area contributed by atoms with Crippen LogP contribution in [0, 0.1) is 0 Å². The van der Waals surface area contributed by atoms with Gasteiger partial charge in [0.1, 0.15) is 0 Å². The van der Waals surface area contributed by atoms with Crippen molar-refractivity contribution in [1.29, 1.82) is 0 Å². The summed E-state index contributed by atoms with van der Waals surface area (Å²) in [5, 5.41) is 3.23. The van der Waals surface area contributed by atoms with Crippen LogP contribution in [-0.2, 0) is 21.2 Å². The lowest BCUT2D eigenvalue weighted by atomic mass is 10.1. The Labute approximate surface area is 119 Å². The van der Waals surface area contributed by atoms with Gasteiger partial charge in [0.05, 0.1) is 11.0 Å². The second-order valence-corrected chi connectivity index (χ2v) is 7.23. The molecular weight excluding hydrogens is 276 g/mol. The minimum absolute atomic E-state index is 0.0323. The Balaban J connectivity index is 1.77. The van der Waals surface area contributed by atoms with Gasteiger partial charge in [-0.15, -0.1) is 0 Å². The van der Waals surface area contributed by atoms with Crippen LogP contribution in [0.1, 0.15) is 25.3 Å². The summed E-state index contributed by atoms with van der Waals surface area (Å²) in [6.45, 7) is 3.47. The van der Waals surface area contributed by atoms with Crippen molar-refractivity contribution in [2.24, 2.45) is 0 Å². The summed E-state index contributed by atoms with van der Waals surface area (Å²) >= 11 is 0. The van der Waals surface area contributed by atoms with Crippen LogP contribution in [0.3, 0.4) is 0 Å². The fraction of sp³-hybridized carbons (Fsp3) is 0.571. The summed E-state index contributed by atoms with van der Waals surface area (Å²) in [4.78, 5) is 0.360. The highest BCUT2D eigenvalue weighted by molar-refractivity contribution is 7.89. The van der Waals surface area contributed by atoms with Crippen molar-refractivity contribution in [2.75, 3.05) is 18.5 Å². The first kappa shape index (κ1) is 13.9. The molecule has 1 aromatic carbocycles. The van der Waals surface area contributed by atoms with E-state index < -0.39 is 10.0 Å². The van der Waals surface area contributed by atoms with Gasteiger partial charge in [0.15, 0.2) is 0 Å². The summed E-state index contributed by atoms with van der Waals surface area (Å²) in [6.07, 6.45) is 2.45. The first-order chi connectivity index (χ1) is 9.54. The topological polar surface area (TPSA) is 67.4 Å². The maximum absolute atomic E-state index is 12.4. The van der Waals surface area contributed by atoms with E-state index >= 15 is 0 Å². The SMILES string of the molecule is CC1CC(NS(=O)(=O)c2ccc3c(c2)CCN3)CCO1. The molecule has 0 bridgehead atoms. The van der Waals surface area contributed by atoms with Crippen LogP contribution in [0.15, 0.2) is 23.1 Å². The third-order valence-electron chi connectivity index (χ3n) is 3.90. The molecule has 2 heterocycles. The number of hydrogen-bond donors (Lipinski definition) is 2. The van der Waals surface area contributed by atoms with E-state index in [-0.39, 0.29) is 12.1 Å². The van der Waals surface area contributed by atoms with E-state index in [1.54, 1.807) is 12.1 Å². The number of ether oxygens (including phenoxy) is 1. The molecule has 2 N–H and O–H groups in total. The van der Waals surface area contributed by atoms with Gasteiger partial charge in [-0.25, -0.2) is 13.1 Å². The number of rotatable bonds is 3. The molecule has 1 saturated heterocycles. The fourth-order valence-electron chi connectivity index (χ4n) is 2.84. The normalized spacial score (nSPS) is 26.1. The first-order valence-corrected chi connectivity index (χ1v) is 8.54. The van der Waals surface area contributed by atoms with Gasteiger partial charge in [-0.05, 0) is 49.9 Å². The monoisotopic (exact) mass is 296 g/mol. The third kappa shape index (κ3) is 2.82. The third-order valence-corrected chi connectivity index (χ3v) is 5.42. The summed E-state index contributed by atoms with van der Waals surface area (Å²) in [5.41, 5.74) is 2.12. The molecule has 0 spiro atoms. The molecule has 2 aliphatic heterocycles. The molecule has 0 aromatic heterocycles. The van der Waals surface area contributed by atoms with Crippen LogP contribution in [-0.4, -0.2) is 33.7 Å². The zero-order chi connectivity index (χ0) is 14.2. The average molecular weight is 296 g/mol. The highest BCUT2D eigenvalue weighted by Crippen LogP contribution is 2.25. The fourth-order valence-corrected chi connectivity index (χ4v) is 4.17. The Morgan fingerprint density at radius 1 is 1.40 bits per heavy atom. The molecule has 110 valence electrons. The minimum atomic E-state index is -3.44. The van der Waals surface area contributed by atoms with Gasteiger partial charge in [0.25, 0.3) is 0 Å². The van der Waals surface area contributed by atoms with Crippen LogP contribution < -0.4 is 10.0 Å². The van der Waals surface area contributed by atoms with E-state index in [0.29, 0.717) is 11.5 Å². The standard InChI is InChI=1S/C14H20N2O3S/c1-10-8-12(5-7-19-10)16-20(17,18)13-2-3-14-11(9-13)4-6-15-14/h2-3,9-10,12,15-16H,4-8H2,1H3. The molecule has 0 aliphatic carbocycles. The Hall–Kier alpha value is -1.11. The lowest BCUT2D eigenvalue weighted by Gasteiger charge is -2.27. The molecule has 0 saturated carbocycles. The molecule has 2 unspecified atom stereocenters. The molecule has 3 rings (SSSR count). The molecule has 0 amide bonds. The van der Waals surface area contributed by atoms with Gasteiger partial charge in [-0.2, -0.15) is 0 Å². The molecular formula is C14H20N2O3S. The Morgan fingerprint density at radius 2 is 2.25 bits per heavy atom. The van der Waals surface area contributed by atoms with E-state index in [1.165, 1.54) is 0 Å². The van der Waals surface area contributed by atoms with Crippen molar-refractivity contribution in [3.8, 4) is 0 Å². The van der Waals surface area contributed by atoms with E-state index in [2.05, 4.69) is 10.0 Å². The lowest BCUT2D eigenvalue weighted by molar-refractivity contribution is 0.0173. The highest BCUT2D eigenvalue weighted by atomic mass is 32.2. The summed E-state index contributed by atoms with van der Waals surface area (Å²) in [7, 11) is -3.44. The molecule has 1 fully saturated rings. The van der Waals surface area contributed by atoms with Crippen molar-refractivity contribution >= 4 is 15.7 Å². The maximum Gasteiger partial charge on any atom is 0.240 e. The largest absolute Gasteiger partial charge is 0.384 e. The summed E-state index contributed by atoms with van der Waals surface area (Å²) < 4.78 is 33.1. The minimum Gasteiger partial charge on any atom is -0.384 e. The second-order valence-electron chi connectivity index (χ2n) is 5.52. The van der Waals surface area contributed by atoms with Gasteiger partial charge >= 0.3 is 0 Å². The lowest BCUT2D eigenvalue weighted by Crippen LogP contribution is -2.41. The van der Waals surface area contributed by atoms with Crippen molar-refractivity contribution in [3.05, 3.63) is 23.8 Å². The van der Waals surface area contributed by atoms with Gasteiger partial charge in [-0.3, -0.25) is 0 Å². The first-order valence-electron chi connectivity index (χ1n) is 7.05. The van der Waals surface area contributed by atoms with Crippen LogP contribution >= 0.6 is 0 Å². The van der Waals surface area contributed by atoms with Crippen molar-refractivity contribution in [3.63, 3.8) is 0 Å². The smallest absolute Gasteiger partial charge is 0.240 e. The van der Waals surface area contributed by atoms with Gasteiger partial charge in [0.2, 0.25) is 10.0 Å². The van der Waals surface area contributed by atoms with Gasteiger partial charge in [-0.1, -0.05) is 0 Å². The number of hydrogen-bond acceptors (Lipinski definition) is 4. The van der Waals surface area contributed by atoms with Crippen molar-refractivity contribution in [2.45, 2.75) is 43.2 Å². The Bertz CT molecular complexity index is 600. The number of benzene rings is 1. The Morgan fingerprint density at radius 3 is 3.05 bits per heavy atom. The summed E-state index contributed by atoms with van der Waals surface area (Å²) in [5.74, 6) is 0. The van der Waals surface area contributed by atoms with E-state index in [4.69, 9.17) is 4.74 Å². The molecule has 20 heavy (non-hydrogen) atoms. The number of nitrogens with one attached hydrogen (secondary N) is 2. The zero-order valence-corrected chi connectivity index (χ0v) is 12.4. The van der Waals surface area contributed by atoms with Crippen LogP contribution in [0.4, 0.5) is 5.69 Å². The maximum atomic E-state index is 12.4. The predicted octanol–water partition coefficient (Wildman–Crippen LogP) is 1.50. The van der Waals surface area contributed by atoms with E-state index in [0.717, 1.165) is 37.1 Å². The van der Waals surface area contributed by atoms with Crippen LogP contribution in [0.2, 0.25) is 0 Å². The number of sulfonamides is 1. The second kappa shape index (κ2) is 5.35. The molecule has 0 radical (unpaired) electrons.